The van der Waals surface area contributed by atoms with Gasteiger partial charge in [-0.15, -0.1) is 0 Å². The Balaban J connectivity index is 2.00. The predicted octanol–water partition coefficient (Wildman–Crippen LogP) is 0.973. The Labute approximate surface area is 68.5 Å². The molecule has 2 aliphatic rings. The molecule has 2 rings (SSSR count). The Bertz CT molecular complexity index is 148. The lowest BCUT2D eigenvalue weighted by molar-refractivity contribution is 0.102. The monoisotopic (exact) mass is 155 g/mol. The molecule has 64 valence electrons. The normalized spacial score (nSPS) is 45.8. The molecular weight excluding hydrogens is 138 g/mol. The van der Waals surface area contributed by atoms with Crippen LogP contribution in [0.25, 0.3) is 0 Å². The molecule has 3 atom stereocenters. The van der Waals surface area contributed by atoms with E-state index in [-0.39, 0.29) is 0 Å². The molecule has 2 heterocycles. The smallest absolute Gasteiger partial charge is 0.0579 e. The van der Waals surface area contributed by atoms with Gasteiger partial charge in [0.1, 0.15) is 0 Å². The van der Waals surface area contributed by atoms with Gasteiger partial charge in [0, 0.05) is 12.5 Å². The van der Waals surface area contributed by atoms with E-state index in [2.05, 4.69) is 18.9 Å². The first-order valence-corrected chi connectivity index (χ1v) is 4.57. The van der Waals surface area contributed by atoms with Gasteiger partial charge in [-0.3, -0.25) is 0 Å². The maximum absolute atomic E-state index is 5.62. The molecule has 0 spiro atoms. The fourth-order valence-corrected chi connectivity index (χ4v) is 2.43. The number of hydrogen-bond donors (Lipinski definition) is 0. The first-order valence-electron chi connectivity index (χ1n) is 4.57. The van der Waals surface area contributed by atoms with Crippen LogP contribution in [0.15, 0.2) is 0 Å². The van der Waals surface area contributed by atoms with Gasteiger partial charge in [-0.05, 0) is 32.9 Å². The minimum absolute atomic E-state index is 0.522. The SMILES string of the molecule is CC1OCC2CN(C)CCC21. The largest absolute Gasteiger partial charge is 0.378 e. The highest BCUT2D eigenvalue weighted by atomic mass is 16.5. The van der Waals surface area contributed by atoms with Gasteiger partial charge in [0.15, 0.2) is 0 Å². The molecule has 2 aliphatic heterocycles. The molecule has 2 heteroatoms. The molecular formula is C9H17NO. The van der Waals surface area contributed by atoms with Gasteiger partial charge in [-0.1, -0.05) is 0 Å². The molecule has 0 bridgehead atoms. The summed E-state index contributed by atoms with van der Waals surface area (Å²) in [6.07, 6.45) is 1.86. The van der Waals surface area contributed by atoms with Crippen molar-refractivity contribution in [3.63, 3.8) is 0 Å². The minimum atomic E-state index is 0.522. The van der Waals surface area contributed by atoms with Gasteiger partial charge >= 0.3 is 0 Å². The number of nitrogens with zero attached hydrogens (tertiary/aromatic N) is 1. The molecule has 3 unspecified atom stereocenters. The number of hydrogen-bond acceptors (Lipinski definition) is 2. The van der Waals surface area contributed by atoms with E-state index < -0.39 is 0 Å². The van der Waals surface area contributed by atoms with Gasteiger partial charge in [0.25, 0.3) is 0 Å². The van der Waals surface area contributed by atoms with Gasteiger partial charge < -0.3 is 9.64 Å². The first kappa shape index (κ1) is 7.56. The third-order valence-electron chi connectivity index (χ3n) is 3.17. The van der Waals surface area contributed by atoms with Crippen molar-refractivity contribution in [2.45, 2.75) is 19.4 Å². The fraction of sp³-hybridized carbons (Fsp3) is 1.00. The first-order chi connectivity index (χ1) is 5.27. The third kappa shape index (κ3) is 1.30. The topological polar surface area (TPSA) is 12.5 Å². The zero-order chi connectivity index (χ0) is 7.84. The fourth-order valence-electron chi connectivity index (χ4n) is 2.43. The van der Waals surface area contributed by atoms with Crippen LogP contribution in [0.1, 0.15) is 13.3 Å². The highest BCUT2D eigenvalue weighted by Gasteiger charge is 2.37. The minimum Gasteiger partial charge on any atom is -0.378 e. The number of fused-ring (bicyclic) bond motifs is 1. The quantitative estimate of drug-likeness (QED) is 0.517. The summed E-state index contributed by atoms with van der Waals surface area (Å²) >= 11 is 0. The third-order valence-corrected chi connectivity index (χ3v) is 3.17. The summed E-state index contributed by atoms with van der Waals surface area (Å²) in [6, 6.07) is 0. The van der Waals surface area contributed by atoms with Crippen molar-refractivity contribution in [1.82, 2.24) is 4.90 Å². The second kappa shape index (κ2) is 2.76. The van der Waals surface area contributed by atoms with E-state index in [9.17, 15) is 0 Å². The number of rotatable bonds is 0. The van der Waals surface area contributed by atoms with Gasteiger partial charge in [-0.2, -0.15) is 0 Å². The highest BCUT2D eigenvalue weighted by molar-refractivity contribution is 4.86. The van der Waals surface area contributed by atoms with Crippen molar-refractivity contribution < 1.29 is 4.74 Å². The molecule has 2 nitrogen and oxygen atoms in total. The van der Waals surface area contributed by atoms with Crippen LogP contribution in [-0.2, 0) is 4.74 Å². The summed E-state index contributed by atoms with van der Waals surface area (Å²) in [5.74, 6) is 1.68. The van der Waals surface area contributed by atoms with Crippen LogP contribution in [0.3, 0.4) is 0 Å². The summed E-state index contributed by atoms with van der Waals surface area (Å²) in [4.78, 5) is 2.42. The zero-order valence-electron chi connectivity index (χ0n) is 7.42. The Morgan fingerprint density at radius 3 is 3.09 bits per heavy atom. The van der Waals surface area contributed by atoms with Crippen LogP contribution in [0.4, 0.5) is 0 Å². The lowest BCUT2D eigenvalue weighted by Gasteiger charge is -2.32. The van der Waals surface area contributed by atoms with Crippen molar-refractivity contribution in [1.29, 1.82) is 0 Å². The molecule has 11 heavy (non-hydrogen) atoms. The molecule has 2 saturated heterocycles. The van der Waals surface area contributed by atoms with E-state index in [1.807, 2.05) is 0 Å². The summed E-state index contributed by atoms with van der Waals surface area (Å²) in [7, 11) is 2.21. The van der Waals surface area contributed by atoms with E-state index in [1.165, 1.54) is 19.5 Å². The van der Waals surface area contributed by atoms with Crippen LogP contribution in [0.5, 0.6) is 0 Å². The zero-order valence-corrected chi connectivity index (χ0v) is 7.42. The Hall–Kier alpha value is -0.0800. The summed E-state index contributed by atoms with van der Waals surface area (Å²) in [6.45, 7) is 5.72. The van der Waals surface area contributed by atoms with Crippen molar-refractivity contribution in [3.8, 4) is 0 Å². The molecule has 0 radical (unpaired) electrons. The van der Waals surface area contributed by atoms with E-state index in [0.717, 1.165) is 18.4 Å². The predicted molar refractivity (Wildman–Crippen MR) is 44.5 cm³/mol. The van der Waals surface area contributed by atoms with Gasteiger partial charge in [0.05, 0.1) is 12.7 Å². The molecule has 0 N–H and O–H groups in total. The summed E-state index contributed by atoms with van der Waals surface area (Å²) < 4.78 is 5.62. The van der Waals surface area contributed by atoms with E-state index >= 15 is 0 Å². The molecule has 0 saturated carbocycles. The van der Waals surface area contributed by atoms with Crippen LogP contribution in [0.2, 0.25) is 0 Å². The average Bonchev–Trinajstić information content (AvgIpc) is 2.32. The molecule has 2 fully saturated rings. The molecule has 0 aromatic heterocycles. The van der Waals surface area contributed by atoms with Crippen molar-refractivity contribution >= 4 is 0 Å². The summed E-state index contributed by atoms with van der Waals surface area (Å²) in [5, 5.41) is 0. The Morgan fingerprint density at radius 2 is 2.27 bits per heavy atom. The second-order valence-corrected chi connectivity index (χ2v) is 4.01. The van der Waals surface area contributed by atoms with Crippen molar-refractivity contribution in [3.05, 3.63) is 0 Å². The lowest BCUT2D eigenvalue weighted by Crippen LogP contribution is -2.38. The summed E-state index contributed by atoms with van der Waals surface area (Å²) in [5.41, 5.74) is 0. The van der Waals surface area contributed by atoms with Crippen LogP contribution in [-0.4, -0.2) is 37.7 Å². The number of ether oxygens (including phenoxy) is 1. The average molecular weight is 155 g/mol. The molecule has 0 amide bonds. The van der Waals surface area contributed by atoms with Crippen molar-refractivity contribution in [2.75, 3.05) is 26.7 Å². The number of piperidine rings is 1. The van der Waals surface area contributed by atoms with Crippen molar-refractivity contribution in [2.24, 2.45) is 11.8 Å². The second-order valence-electron chi connectivity index (χ2n) is 4.01. The number of likely N-dealkylation sites (tertiary alicyclic amines) is 1. The lowest BCUT2D eigenvalue weighted by atomic mass is 9.85. The van der Waals surface area contributed by atoms with Crippen LogP contribution in [0, 0.1) is 11.8 Å². The molecule has 0 aromatic rings. The maximum atomic E-state index is 5.62. The molecule has 0 aliphatic carbocycles. The van der Waals surface area contributed by atoms with Gasteiger partial charge in [-0.25, -0.2) is 0 Å². The maximum Gasteiger partial charge on any atom is 0.0579 e. The Morgan fingerprint density at radius 1 is 1.45 bits per heavy atom. The van der Waals surface area contributed by atoms with E-state index in [4.69, 9.17) is 4.74 Å². The Kier molecular flexibility index (Phi) is 1.90. The highest BCUT2D eigenvalue weighted by Crippen LogP contribution is 2.33. The van der Waals surface area contributed by atoms with E-state index in [1.54, 1.807) is 0 Å². The van der Waals surface area contributed by atoms with E-state index in [0.29, 0.717) is 6.10 Å². The van der Waals surface area contributed by atoms with Crippen LogP contribution < -0.4 is 0 Å². The van der Waals surface area contributed by atoms with Crippen LogP contribution >= 0.6 is 0 Å². The molecule has 0 aromatic carbocycles. The standard InChI is InChI=1S/C9H17NO/c1-7-9-3-4-10(2)5-8(9)6-11-7/h7-9H,3-6H2,1-2H3. The van der Waals surface area contributed by atoms with Gasteiger partial charge in [0.2, 0.25) is 0 Å².